The lowest BCUT2D eigenvalue weighted by molar-refractivity contribution is 0.0544. The number of rotatable bonds is 13. The quantitative estimate of drug-likeness (QED) is 0.0787. The van der Waals surface area contributed by atoms with Crippen LogP contribution in [0.15, 0.2) is 103 Å². The number of amides is 3. The fourth-order valence-corrected chi connectivity index (χ4v) is 6.82. The maximum absolute atomic E-state index is 14.5. The van der Waals surface area contributed by atoms with E-state index in [0.29, 0.717) is 42.1 Å². The molecule has 0 radical (unpaired) electrons. The number of anilines is 2. The Bertz CT molecular complexity index is 2000. The van der Waals surface area contributed by atoms with Gasteiger partial charge >= 0.3 is 0 Å². The van der Waals surface area contributed by atoms with E-state index in [9.17, 15) is 19.5 Å². The Morgan fingerprint density at radius 3 is 2.35 bits per heavy atom. The first-order chi connectivity index (χ1) is 24.8. The topological polar surface area (TPSA) is 129 Å². The number of carbonyl (C=O) groups is 3. The number of fused-ring (bicyclic) bond motifs is 1. The minimum atomic E-state index is -0.435. The molecule has 0 saturated carbocycles. The number of hydrogen-bond acceptors (Lipinski definition) is 7. The lowest BCUT2D eigenvalue weighted by atomic mass is 9.93. The number of aliphatic hydroxyl groups excluding tert-OH is 1. The van der Waals surface area contributed by atoms with Gasteiger partial charge in [-0.1, -0.05) is 67.9 Å². The minimum Gasteiger partial charge on any atom is -0.394 e. The van der Waals surface area contributed by atoms with Crippen molar-refractivity contribution >= 4 is 41.0 Å². The Labute approximate surface area is 302 Å². The van der Waals surface area contributed by atoms with Crippen molar-refractivity contribution in [2.24, 2.45) is 0 Å². The van der Waals surface area contributed by atoms with Gasteiger partial charge in [0, 0.05) is 41.5 Å². The van der Waals surface area contributed by atoms with Crippen molar-refractivity contribution in [3.8, 4) is 5.69 Å². The van der Waals surface area contributed by atoms with Crippen LogP contribution in [0.5, 0.6) is 0 Å². The number of hydrogen-bond donors (Lipinski definition) is 4. The minimum absolute atomic E-state index is 0.204. The van der Waals surface area contributed by atoms with Gasteiger partial charge < -0.3 is 25.4 Å². The van der Waals surface area contributed by atoms with Gasteiger partial charge in [-0.25, -0.2) is 4.68 Å². The number of aromatic nitrogens is 2. The van der Waals surface area contributed by atoms with Gasteiger partial charge in [0.2, 0.25) is 0 Å². The number of benzene rings is 4. The second-order valence-electron chi connectivity index (χ2n) is 12.6. The summed E-state index contributed by atoms with van der Waals surface area (Å²) in [6.07, 6.45) is 2.33. The summed E-state index contributed by atoms with van der Waals surface area (Å²) >= 11 is 1.57. The maximum atomic E-state index is 14.5. The molecule has 0 bridgehead atoms. The van der Waals surface area contributed by atoms with E-state index in [1.54, 1.807) is 57.9 Å². The smallest absolute Gasteiger partial charge is 0.271 e. The molecule has 262 valence electrons. The summed E-state index contributed by atoms with van der Waals surface area (Å²) in [4.78, 5) is 42.5. The molecule has 0 saturated heterocycles. The molecule has 6 rings (SSSR count). The largest absolute Gasteiger partial charge is 0.394 e. The molecule has 1 atom stereocenters. The first-order valence-electron chi connectivity index (χ1n) is 17.2. The van der Waals surface area contributed by atoms with Crippen LogP contribution in [-0.4, -0.2) is 56.7 Å². The van der Waals surface area contributed by atoms with E-state index in [0.717, 1.165) is 35.4 Å². The zero-order valence-electron chi connectivity index (χ0n) is 28.8. The number of unbranched alkanes of at least 4 members (excludes halogenated alkanes) is 1. The SMILES string of the molecule is CCCCNC(=O)c1cc(C)n(-c2ccc(NC(=O)c3ccc(NSCc4ccccc4)cc3)cc2C(=O)N2Cc3ccccc3CC2CO)n1. The third-order valence-electron chi connectivity index (χ3n) is 8.89. The molecule has 51 heavy (non-hydrogen) atoms. The summed E-state index contributed by atoms with van der Waals surface area (Å²) in [6, 6.07) is 31.6. The second kappa shape index (κ2) is 16.5. The second-order valence-corrected chi connectivity index (χ2v) is 13.4. The van der Waals surface area contributed by atoms with Gasteiger partial charge in [0.25, 0.3) is 17.7 Å². The van der Waals surface area contributed by atoms with Gasteiger partial charge in [0.15, 0.2) is 5.69 Å². The predicted octanol–water partition coefficient (Wildman–Crippen LogP) is 6.78. The van der Waals surface area contributed by atoms with E-state index in [1.165, 1.54) is 5.56 Å². The third-order valence-corrected chi connectivity index (χ3v) is 9.75. The van der Waals surface area contributed by atoms with Crippen molar-refractivity contribution in [2.75, 3.05) is 23.2 Å². The van der Waals surface area contributed by atoms with E-state index < -0.39 is 6.04 Å². The van der Waals surface area contributed by atoms with Gasteiger partial charge in [-0.2, -0.15) is 5.10 Å². The summed E-state index contributed by atoms with van der Waals surface area (Å²) in [5.74, 6) is -0.131. The van der Waals surface area contributed by atoms with E-state index in [2.05, 4.69) is 39.5 Å². The van der Waals surface area contributed by atoms with Crippen molar-refractivity contribution in [3.05, 3.63) is 142 Å². The molecule has 1 aromatic heterocycles. The van der Waals surface area contributed by atoms with Crippen LogP contribution in [0, 0.1) is 6.92 Å². The van der Waals surface area contributed by atoms with Crippen molar-refractivity contribution in [1.82, 2.24) is 20.0 Å². The molecule has 0 spiro atoms. The predicted molar refractivity (Wildman–Crippen MR) is 202 cm³/mol. The molecular weight excluding hydrogens is 661 g/mol. The summed E-state index contributed by atoms with van der Waals surface area (Å²) < 4.78 is 4.90. The molecule has 1 aliphatic heterocycles. The number of carbonyl (C=O) groups excluding carboxylic acids is 3. The molecule has 1 aliphatic rings. The van der Waals surface area contributed by atoms with Crippen LogP contribution in [0.4, 0.5) is 11.4 Å². The highest BCUT2D eigenvalue weighted by atomic mass is 32.2. The molecule has 1 unspecified atom stereocenters. The highest BCUT2D eigenvalue weighted by Gasteiger charge is 2.32. The van der Waals surface area contributed by atoms with Crippen LogP contribution in [-0.2, 0) is 18.7 Å². The Morgan fingerprint density at radius 2 is 1.61 bits per heavy atom. The zero-order chi connectivity index (χ0) is 35.7. The number of aryl methyl sites for hydroxylation is 1. The summed E-state index contributed by atoms with van der Waals surface area (Å²) in [7, 11) is 0. The highest BCUT2D eigenvalue weighted by Crippen LogP contribution is 2.29. The van der Waals surface area contributed by atoms with Crippen LogP contribution in [0.2, 0.25) is 0 Å². The van der Waals surface area contributed by atoms with Crippen molar-refractivity contribution in [2.45, 2.75) is 51.4 Å². The molecular formula is C40H42N6O4S. The zero-order valence-corrected chi connectivity index (χ0v) is 29.6. The maximum Gasteiger partial charge on any atom is 0.271 e. The van der Waals surface area contributed by atoms with E-state index in [4.69, 9.17) is 0 Å². The molecule has 0 fully saturated rings. The molecule has 4 N–H and O–H groups in total. The van der Waals surface area contributed by atoms with Gasteiger partial charge in [-0.05, 0) is 96.9 Å². The Kier molecular flexibility index (Phi) is 11.5. The summed E-state index contributed by atoms with van der Waals surface area (Å²) in [5, 5.41) is 20.8. The third kappa shape index (κ3) is 8.50. The number of nitrogens with zero attached hydrogens (tertiary/aromatic N) is 3. The average molecular weight is 703 g/mol. The van der Waals surface area contributed by atoms with Crippen LogP contribution in [0.1, 0.15) is 73.4 Å². The Morgan fingerprint density at radius 1 is 0.882 bits per heavy atom. The standard InChI is InChI=1S/C40H42N6O4S/c1-3-4-20-41-39(49)36-21-27(2)46(43-36)37-19-18-33(23-35(37)40(50)45-24-31-13-9-8-12-30(31)22-34(45)25-47)42-38(48)29-14-16-32(17-15-29)44-51-26-28-10-6-5-7-11-28/h5-19,21,23,34,44,47H,3-4,20,22,24-26H2,1-2H3,(H,41,49)(H,42,48). The van der Waals surface area contributed by atoms with Crippen molar-refractivity contribution < 1.29 is 19.5 Å². The van der Waals surface area contributed by atoms with Gasteiger partial charge in [0.05, 0.1) is 23.9 Å². The Hall–Kier alpha value is -5.39. The fraction of sp³-hybridized carbons (Fsp3) is 0.250. The van der Waals surface area contributed by atoms with Crippen molar-refractivity contribution in [3.63, 3.8) is 0 Å². The summed E-state index contributed by atoms with van der Waals surface area (Å²) in [5.41, 5.74) is 6.73. The highest BCUT2D eigenvalue weighted by molar-refractivity contribution is 7.99. The van der Waals surface area contributed by atoms with E-state index >= 15 is 0 Å². The molecule has 2 heterocycles. The first kappa shape index (κ1) is 35.4. The molecule has 10 nitrogen and oxygen atoms in total. The number of nitrogens with one attached hydrogen (secondary N) is 3. The lowest BCUT2D eigenvalue weighted by Gasteiger charge is -2.36. The normalized spacial score (nSPS) is 13.7. The van der Waals surface area contributed by atoms with Gasteiger partial charge in [0.1, 0.15) is 0 Å². The van der Waals surface area contributed by atoms with E-state index in [-0.39, 0.29) is 35.6 Å². The monoisotopic (exact) mass is 702 g/mol. The first-order valence-corrected chi connectivity index (χ1v) is 18.1. The summed E-state index contributed by atoms with van der Waals surface area (Å²) in [6.45, 7) is 4.55. The molecule has 3 amide bonds. The van der Waals surface area contributed by atoms with Crippen molar-refractivity contribution in [1.29, 1.82) is 0 Å². The lowest BCUT2D eigenvalue weighted by Crippen LogP contribution is -2.46. The molecule has 4 aromatic carbocycles. The fourth-order valence-electron chi connectivity index (χ4n) is 6.08. The van der Waals surface area contributed by atoms with Crippen LogP contribution in [0.3, 0.4) is 0 Å². The van der Waals surface area contributed by atoms with E-state index in [1.807, 2.05) is 61.5 Å². The van der Waals surface area contributed by atoms with Gasteiger partial charge in [-0.15, -0.1) is 0 Å². The van der Waals surface area contributed by atoms with Crippen LogP contribution < -0.4 is 15.4 Å². The Balaban J connectivity index is 1.25. The molecule has 11 heteroatoms. The average Bonchev–Trinajstić information content (AvgIpc) is 3.55. The van der Waals surface area contributed by atoms with Crippen LogP contribution >= 0.6 is 11.9 Å². The molecule has 0 aliphatic carbocycles. The van der Waals surface area contributed by atoms with Crippen LogP contribution in [0.25, 0.3) is 5.69 Å². The number of aliphatic hydroxyl groups is 1. The molecule has 5 aromatic rings. The van der Waals surface area contributed by atoms with Gasteiger partial charge in [-0.3, -0.25) is 14.4 Å².